The van der Waals surface area contributed by atoms with E-state index in [9.17, 15) is 4.79 Å². The van der Waals surface area contributed by atoms with Crippen molar-refractivity contribution < 1.29 is 9.53 Å². The van der Waals surface area contributed by atoms with E-state index >= 15 is 0 Å². The van der Waals surface area contributed by atoms with Gasteiger partial charge in [-0.15, -0.1) is 0 Å². The van der Waals surface area contributed by atoms with E-state index in [1.807, 2.05) is 65.6 Å². The monoisotopic (exact) mass is 360 g/mol. The van der Waals surface area contributed by atoms with E-state index in [0.717, 1.165) is 17.8 Å². The molecule has 27 heavy (non-hydrogen) atoms. The van der Waals surface area contributed by atoms with E-state index in [1.54, 1.807) is 17.2 Å². The molecule has 2 amide bonds. The molecule has 1 saturated heterocycles. The minimum atomic E-state index is -0.0720. The zero-order valence-corrected chi connectivity index (χ0v) is 14.8. The van der Waals surface area contributed by atoms with Gasteiger partial charge < -0.3 is 9.64 Å². The summed E-state index contributed by atoms with van der Waals surface area (Å²) in [6, 6.07) is 21.1. The van der Waals surface area contributed by atoms with Crippen molar-refractivity contribution in [3.8, 4) is 5.88 Å². The molecule has 0 bridgehead atoms. The average molecular weight is 360 g/mol. The van der Waals surface area contributed by atoms with E-state index in [0.29, 0.717) is 19.0 Å². The zero-order valence-electron chi connectivity index (χ0n) is 14.8. The maximum atomic E-state index is 13.3. The Morgan fingerprint density at radius 2 is 1.67 bits per heavy atom. The van der Waals surface area contributed by atoms with Crippen LogP contribution in [0.15, 0.2) is 79.3 Å². The van der Waals surface area contributed by atoms with Gasteiger partial charge in [-0.3, -0.25) is 4.90 Å². The molecule has 2 heterocycles. The molecular weight excluding hydrogens is 340 g/mol. The lowest BCUT2D eigenvalue weighted by Gasteiger charge is -2.28. The molecule has 0 saturated carbocycles. The SMILES string of the molecule is O=C(N1CC[C@@H](Oc2ccncn2)C1)N(c1ccccc1)c1ccccc1. The quantitative estimate of drug-likeness (QED) is 0.708. The molecule has 6 nitrogen and oxygen atoms in total. The second-order valence-corrected chi connectivity index (χ2v) is 6.31. The molecule has 3 aromatic rings. The third-order valence-electron chi connectivity index (χ3n) is 4.48. The van der Waals surface area contributed by atoms with Crippen molar-refractivity contribution in [2.24, 2.45) is 0 Å². The number of carbonyl (C=O) groups excluding carboxylic acids is 1. The summed E-state index contributed by atoms with van der Waals surface area (Å²) in [7, 11) is 0. The van der Waals surface area contributed by atoms with Crippen molar-refractivity contribution in [2.45, 2.75) is 12.5 Å². The van der Waals surface area contributed by atoms with E-state index in [-0.39, 0.29) is 12.1 Å². The highest BCUT2D eigenvalue weighted by molar-refractivity contribution is 5.99. The van der Waals surface area contributed by atoms with Crippen molar-refractivity contribution in [3.05, 3.63) is 79.3 Å². The number of urea groups is 1. The van der Waals surface area contributed by atoms with Gasteiger partial charge in [0.15, 0.2) is 0 Å². The third-order valence-corrected chi connectivity index (χ3v) is 4.48. The Balaban J connectivity index is 1.52. The van der Waals surface area contributed by atoms with Crippen LogP contribution in [0.5, 0.6) is 5.88 Å². The first-order valence-electron chi connectivity index (χ1n) is 8.93. The average Bonchev–Trinajstić information content (AvgIpc) is 3.19. The van der Waals surface area contributed by atoms with Gasteiger partial charge in [0.05, 0.1) is 17.9 Å². The number of ether oxygens (including phenoxy) is 1. The smallest absolute Gasteiger partial charge is 0.329 e. The number of likely N-dealkylation sites (tertiary alicyclic amines) is 1. The van der Waals surface area contributed by atoms with Crippen molar-refractivity contribution in [2.75, 3.05) is 18.0 Å². The molecule has 136 valence electrons. The normalized spacial score (nSPS) is 16.1. The Labute approximate surface area is 158 Å². The number of carbonyl (C=O) groups is 1. The molecule has 6 heteroatoms. The number of aromatic nitrogens is 2. The van der Waals surface area contributed by atoms with Gasteiger partial charge in [0.1, 0.15) is 12.4 Å². The van der Waals surface area contributed by atoms with Gasteiger partial charge in [0, 0.05) is 25.2 Å². The fourth-order valence-corrected chi connectivity index (χ4v) is 3.18. The molecule has 0 radical (unpaired) electrons. The first kappa shape index (κ1) is 17.0. The molecule has 2 aromatic carbocycles. The summed E-state index contributed by atoms with van der Waals surface area (Å²) in [6.45, 7) is 1.17. The minimum Gasteiger partial charge on any atom is -0.472 e. The molecule has 1 aliphatic heterocycles. The Kier molecular flexibility index (Phi) is 4.96. The number of benzene rings is 2. The maximum Gasteiger partial charge on any atom is 0.329 e. The Hall–Kier alpha value is -3.41. The number of amides is 2. The number of anilines is 2. The molecule has 4 rings (SSSR count). The summed E-state index contributed by atoms with van der Waals surface area (Å²) in [5.41, 5.74) is 1.68. The lowest BCUT2D eigenvalue weighted by Crippen LogP contribution is -2.40. The minimum absolute atomic E-state index is 0.0545. The van der Waals surface area contributed by atoms with Gasteiger partial charge in [-0.25, -0.2) is 14.8 Å². The highest BCUT2D eigenvalue weighted by Crippen LogP contribution is 2.28. The molecule has 0 aliphatic carbocycles. The molecule has 1 aliphatic rings. The summed E-state index contributed by atoms with van der Waals surface area (Å²) in [5.74, 6) is 0.535. The third kappa shape index (κ3) is 3.89. The second kappa shape index (κ2) is 7.86. The number of nitrogens with zero attached hydrogens (tertiary/aromatic N) is 4. The van der Waals surface area contributed by atoms with Crippen LogP contribution in [0.4, 0.5) is 16.2 Å². The fraction of sp³-hybridized carbons (Fsp3) is 0.190. The molecular formula is C21H20N4O2. The largest absolute Gasteiger partial charge is 0.472 e. The van der Waals surface area contributed by atoms with Crippen LogP contribution in [0.1, 0.15) is 6.42 Å². The topological polar surface area (TPSA) is 58.6 Å². The number of hydrogen-bond donors (Lipinski definition) is 0. The van der Waals surface area contributed by atoms with Gasteiger partial charge in [-0.1, -0.05) is 36.4 Å². The number of hydrogen-bond acceptors (Lipinski definition) is 4. The van der Waals surface area contributed by atoms with Crippen LogP contribution in [-0.4, -0.2) is 40.1 Å². The van der Waals surface area contributed by atoms with Gasteiger partial charge in [-0.2, -0.15) is 0 Å². The fourth-order valence-electron chi connectivity index (χ4n) is 3.18. The van der Waals surface area contributed by atoms with Gasteiger partial charge in [-0.05, 0) is 24.3 Å². The molecule has 1 fully saturated rings. The van der Waals surface area contributed by atoms with Crippen LogP contribution < -0.4 is 9.64 Å². The summed E-state index contributed by atoms with van der Waals surface area (Å²) < 4.78 is 5.88. The summed E-state index contributed by atoms with van der Waals surface area (Å²) in [6.07, 6.45) is 3.80. The van der Waals surface area contributed by atoms with Crippen LogP contribution in [-0.2, 0) is 0 Å². The second-order valence-electron chi connectivity index (χ2n) is 6.31. The first-order chi connectivity index (χ1) is 13.3. The molecule has 0 unspecified atom stereocenters. The molecule has 1 aromatic heterocycles. The summed E-state index contributed by atoms with van der Waals surface area (Å²) >= 11 is 0. The van der Waals surface area contributed by atoms with Crippen molar-refractivity contribution >= 4 is 17.4 Å². The van der Waals surface area contributed by atoms with Crippen molar-refractivity contribution in [1.29, 1.82) is 0 Å². The van der Waals surface area contributed by atoms with Crippen LogP contribution in [0.2, 0.25) is 0 Å². The summed E-state index contributed by atoms with van der Waals surface area (Å²) in [4.78, 5) is 24.9. The standard InChI is InChI=1S/C21H20N4O2/c26-21(24-14-12-19(15-24)27-20-11-13-22-16-23-20)25(17-7-3-1-4-8-17)18-9-5-2-6-10-18/h1-11,13,16,19H,12,14-15H2/t19-/m1/s1. The Bertz CT molecular complexity index is 835. The lowest BCUT2D eigenvalue weighted by atomic mass is 10.2. The highest BCUT2D eigenvalue weighted by Gasteiger charge is 2.32. The summed E-state index contributed by atoms with van der Waals surface area (Å²) in [5, 5.41) is 0. The first-order valence-corrected chi connectivity index (χ1v) is 8.93. The molecule has 1 atom stereocenters. The van der Waals surface area contributed by atoms with Gasteiger partial charge >= 0.3 is 6.03 Å². The number of rotatable bonds is 4. The van der Waals surface area contributed by atoms with Crippen molar-refractivity contribution in [3.63, 3.8) is 0 Å². The maximum absolute atomic E-state index is 13.3. The van der Waals surface area contributed by atoms with E-state index < -0.39 is 0 Å². The van der Waals surface area contributed by atoms with Crippen LogP contribution >= 0.6 is 0 Å². The Morgan fingerprint density at radius 3 is 2.26 bits per heavy atom. The van der Waals surface area contributed by atoms with Crippen molar-refractivity contribution in [1.82, 2.24) is 14.9 Å². The number of para-hydroxylation sites is 2. The lowest BCUT2D eigenvalue weighted by molar-refractivity contribution is 0.187. The van der Waals surface area contributed by atoms with E-state index in [4.69, 9.17) is 4.74 Å². The molecule has 0 spiro atoms. The van der Waals surface area contributed by atoms with Gasteiger partial charge in [0.2, 0.25) is 5.88 Å². The zero-order chi connectivity index (χ0) is 18.5. The predicted molar refractivity (Wildman–Crippen MR) is 103 cm³/mol. The predicted octanol–water partition coefficient (Wildman–Crippen LogP) is 3.89. The van der Waals surface area contributed by atoms with Crippen LogP contribution in [0, 0.1) is 0 Å². The van der Waals surface area contributed by atoms with Crippen LogP contribution in [0.3, 0.4) is 0 Å². The van der Waals surface area contributed by atoms with Gasteiger partial charge in [0.25, 0.3) is 0 Å². The van der Waals surface area contributed by atoms with E-state index in [1.165, 1.54) is 6.33 Å². The molecule has 0 N–H and O–H groups in total. The van der Waals surface area contributed by atoms with E-state index in [2.05, 4.69) is 9.97 Å². The highest BCUT2D eigenvalue weighted by atomic mass is 16.5. The Morgan fingerprint density at radius 1 is 1.00 bits per heavy atom. The van der Waals surface area contributed by atoms with Crippen LogP contribution in [0.25, 0.3) is 0 Å².